The lowest BCUT2D eigenvalue weighted by Crippen LogP contribution is -2.36. The van der Waals surface area contributed by atoms with Gasteiger partial charge in [0, 0.05) is 17.6 Å². The molecule has 1 aliphatic heterocycles. The van der Waals surface area contributed by atoms with Crippen molar-refractivity contribution in [2.45, 2.75) is 17.7 Å². The molecule has 29 heavy (non-hydrogen) atoms. The number of sulfone groups is 1. The average molecular weight is 413 g/mol. The van der Waals surface area contributed by atoms with Crippen molar-refractivity contribution in [3.05, 3.63) is 42.5 Å². The molecule has 0 radical (unpaired) electrons. The summed E-state index contributed by atoms with van der Waals surface area (Å²) in [5.41, 5.74) is 2.47. The van der Waals surface area contributed by atoms with Crippen molar-refractivity contribution in [1.29, 1.82) is 0 Å². The number of H-pyrrole nitrogens is 1. The van der Waals surface area contributed by atoms with Crippen LogP contribution in [0.5, 0.6) is 0 Å². The van der Waals surface area contributed by atoms with Crippen molar-refractivity contribution in [3.63, 3.8) is 0 Å². The maximum atomic E-state index is 12.7. The van der Waals surface area contributed by atoms with Gasteiger partial charge in [0.2, 0.25) is 5.91 Å². The second kappa shape index (κ2) is 7.61. The molecule has 2 N–H and O–H groups in total. The molecule has 2 aromatic carbocycles. The monoisotopic (exact) mass is 412 g/mol. The lowest BCUT2D eigenvalue weighted by Gasteiger charge is -2.27. The van der Waals surface area contributed by atoms with Crippen LogP contribution in [0.4, 0.5) is 5.82 Å². The highest BCUT2D eigenvalue weighted by atomic mass is 32.2. The number of fused-ring (bicyclic) bond motifs is 1. The number of aromatic nitrogens is 2. The summed E-state index contributed by atoms with van der Waals surface area (Å²) in [7, 11) is -1.22. The van der Waals surface area contributed by atoms with Gasteiger partial charge in [-0.1, -0.05) is 18.2 Å². The van der Waals surface area contributed by atoms with E-state index in [0.717, 1.165) is 48.0 Å². The molecule has 0 saturated carbocycles. The first-order valence-corrected chi connectivity index (χ1v) is 11.5. The average Bonchev–Trinajstić information content (AvgIpc) is 3.10. The van der Waals surface area contributed by atoms with Crippen molar-refractivity contribution in [2.24, 2.45) is 5.92 Å². The maximum absolute atomic E-state index is 12.7. The molecule has 2 heterocycles. The van der Waals surface area contributed by atoms with Gasteiger partial charge in [0.05, 0.1) is 10.4 Å². The van der Waals surface area contributed by atoms with E-state index in [2.05, 4.69) is 27.5 Å². The van der Waals surface area contributed by atoms with E-state index in [0.29, 0.717) is 5.82 Å². The van der Waals surface area contributed by atoms with Crippen molar-refractivity contribution in [3.8, 4) is 11.1 Å². The van der Waals surface area contributed by atoms with Crippen LogP contribution >= 0.6 is 0 Å². The molecule has 0 atom stereocenters. The first-order valence-electron chi connectivity index (χ1n) is 9.59. The summed E-state index contributed by atoms with van der Waals surface area (Å²) in [6.45, 7) is 1.83. The SMILES string of the molecule is CN1CCC(C(=O)Nc2n[nH]c3ccc(-c4cccc(S(C)(=O)=O)c4)cc23)CC1. The molecule has 1 aliphatic rings. The molecule has 1 aromatic heterocycles. The number of hydrogen-bond acceptors (Lipinski definition) is 5. The molecule has 8 heteroatoms. The van der Waals surface area contributed by atoms with Gasteiger partial charge in [0.25, 0.3) is 0 Å². The predicted octanol–water partition coefficient (Wildman–Crippen LogP) is 2.91. The van der Waals surface area contributed by atoms with Crippen LogP contribution in [0.2, 0.25) is 0 Å². The van der Waals surface area contributed by atoms with E-state index in [9.17, 15) is 13.2 Å². The van der Waals surface area contributed by atoms with Gasteiger partial charge in [-0.2, -0.15) is 5.10 Å². The number of aromatic amines is 1. The minimum absolute atomic E-state index is 0.00373. The first kappa shape index (κ1) is 19.6. The van der Waals surface area contributed by atoms with E-state index in [1.807, 2.05) is 24.3 Å². The summed E-state index contributed by atoms with van der Waals surface area (Å²) < 4.78 is 23.7. The van der Waals surface area contributed by atoms with Gasteiger partial charge < -0.3 is 10.2 Å². The van der Waals surface area contributed by atoms with Crippen LogP contribution in [0, 0.1) is 5.92 Å². The van der Waals surface area contributed by atoms with Crippen molar-refractivity contribution >= 4 is 32.5 Å². The molecule has 1 amide bonds. The Bertz CT molecular complexity index is 1160. The molecule has 3 aromatic rings. The number of carbonyl (C=O) groups is 1. The Hall–Kier alpha value is -2.71. The number of rotatable bonds is 4. The summed E-state index contributed by atoms with van der Waals surface area (Å²) >= 11 is 0. The van der Waals surface area contributed by atoms with E-state index in [1.54, 1.807) is 18.2 Å². The fraction of sp³-hybridized carbons (Fsp3) is 0.333. The number of likely N-dealkylation sites (tertiary alicyclic amines) is 1. The molecule has 1 fully saturated rings. The van der Waals surface area contributed by atoms with Gasteiger partial charge in [-0.05, 0) is 68.4 Å². The molecule has 0 unspecified atom stereocenters. The molecule has 4 rings (SSSR count). The zero-order valence-electron chi connectivity index (χ0n) is 16.5. The van der Waals surface area contributed by atoms with Crippen molar-refractivity contribution in [1.82, 2.24) is 15.1 Å². The minimum Gasteiger partial charge on any atom is -0.308 e. The third-order valence-corrected chi connectivity index (χ3v) is 6.60. The standard InChI is InChI=1S/C21H24N4O3S/c1-25-10-8-14(9-11-25)21(26)22-20-18-13-16(6-7-19(18)23-24-20)15-4-3-5-17(12-15)29(2,27)28/h3-7,12-14H,8-11H2,1-2H3,(H2,22,23,24,26). The normalized spacial score (nSPS) is 16.2. The summed E-state index contributed by atoms with van der Waals surface area (Å²) in [6, 6.07) is 12.6. The van der Waals surface area contributed by atoms with Crippen LogP contribution < -0.4 is 5.32 Å². The van der Waals surface area contributed by atoms with Crippen LogP contribution in [0.25, 0.3) is 22.0 Å². The Balaban J connectivity index is 1.62. The maximum Gasteiger partial charge on any atom is 0.228 e. The van der Waals surface area contributed by atoms with Gasteiger partial charge >= 0.3 is 0 Å². The number of carbonyl (C=O) groups excluding carboxylic acids is 1. The summed E-state index contributed by atoms with van der Waals surface area (Å²) in [5.74, 6) is 0.494. The van der Waals surface area contributed by atoms with E-state index in [1.165, 1.54) is 6.26 Å². The molecular formula is C21H24N4O3S. The Morgan fingerprint density at radius 2 is 1.86 bits per heavy atom. The number of nitrogens with one attached hydrogen (secondary N) is 2. The summed E-state index contributed by atoms with van der Waals surface area (Å²) in [5, 5.41) is 11.0. The third kappa shape index (κ3) is 4.18. The van der Waals surface area contributed by atoms with Crippen LogP contribution in [0.15, 0.2) is 47.4 Å². The summed E-state index contributed by atoms with van der Waals surface area (Å²) in [4.78, 5) is 15.2. The highest BCUT2D eigenvalue weighted by molar-refractivity contribution is 7.90. The molecular weight excluding hydrogens is 388 g/mol. The largest absolute Gasteiger partial charge is 0.308 e. The van der Waals surface area contributed by atoms with E-state index in [-0.39, 0.29) is 16.7 Å². The van der Waals surface area contributed by atoms with Gasteiger partial charge in [0.15, 0.2) is 15.7 Å². The number of piperidine rings is 1. The fourth-order valence-corrected chi connectivity index (χ4v) is 4.35. The molecule has 0 spiro atoms. The first-order chi connectivity index (χ1) is 13.8. The predicted molar refractivity (Wildman–Crippen MR) is 113 cm³/mol. The Labute approximate surface area is 170 Å². The number of nitrogens with zero attached hydrogens (tertiary/aromatic N) is 2. The lowest BCUT2D eigenvalue weighted by atomic mass is 9.96. The molecule has 152 valence electrons. The Morgan fingerprint density at radius 1 is 1.14 bits per heavy atom. The number of amides is 1. The molecule has 0 bridgehead atoms. The highest BCUT2D eigenvalue weighted by Gasteiger charge is 2.24. The van der Waals surface area contributed by atoms with E-state index < -0.39 is 9.84 Å². The van der Waals surface area contributed by atoms with E-state index in [4.69, 9.17) is 0 Å². The van der Waals surface area contributed by atoms with Crippen LogP contribution in [-0.4, -0.2) is 55.8 Å². The van der Waals surface area contributed by atoms with Crippen molar-refractivity contribution in [2.75, 3.05) is 31.7 Å². The number of hydrogen-bond donors (Lipinski definition) is 2. The van der Waals surface area contributed by atoms with Gasteiger partial charge in [-0.3, -0.25) is 9.89 Å². The highest BCUT2D eigenvalue weighted by Crippen LogP contribution is 2.29. The van der Waals surface area contributed by atoms with Gasteiger partial charge in [0.1, 0.15) is 0 Å². The zero-order valence-corrected chi connectivity index (χ0v) is 17.3. The summed E-state index contributed by atoms with van der Waals surface area (Å²) in [6.07, 6.45) is 2.88. The quantitative estimate of drug-likeness (QED) is 0.687. The second-order valence-corrected chi connectivity index (χ2v) is 9.72. The van der Waals surface area contributed by atoms with E-state index >= 15 is 0 Å². The fourth-order valence-electron chi connectivity index (χ4n) is 3.68. The molecule has 7 nitrogen and oxygen atoms in total. The van der Waals surface area contributed by atoms with Crippen LogP contribution in [-0.2, 0) is 14.6 Å². The smallest absolute Gasteiger partial charge is 0.228 e. The Morgan fingerprint density at radius 3 is 2.59 bits per heavy atom. The molecule has 0 aliphatic carbocycles. The number of anilines is 1. The lowest BCUT2D eigenvalue weighted by molar-refractivity contribution is -0.121. The van der Waals surface area contributed by atoms with Gasteiger partial charge in [-0.25, -0.2) is 8.42 Å². The van der Waals surface area contributed by atoms with Crippen LogP contribution in [0.3, 0.4) is 0 Å². The van der Waals surface area contributed by atoms with Gasteiger partial charge in [-0.15, -0.1) is 0 Å². The number of benzene rings is 2. The van der Waals surface area contributed by atoms with Crippen molar-refractivity contribution < 1.29 is 13.2 Å². The van der Waals surface area contributed by atoms with Crippen LogP contribution in [0.1, 0.15) is 12.8 Å². The topological polar surface area (TPSA) is 95.2 Å². The molecule has 1 saturated heterocycles. The minimum atomic E-state index is -3.28. The Kier molecular flexibility index (Phi) is 5.14. The zero-order chi connectivity index (χ0) is 20.6. The second-order valence-electron chi connectivity index (χ2n) is 7.70. The third-order valence-electron chi connectivity index (χ3n) is 5.49.